The molecule has 1 atom stereocenters. The van der Waals surface area contributed by atoms with Gasteiger partial charge >= 0.3 is 0 Å². The molecule has 0 aromatic carbocycles. The molecule has 306 valence electrons. The molecule has 2 fully saturated rings. The normalized spacial score (nSPS) is 21.3. The molecule has 2 aromatic heterocycles. The van der Waals surface area contributed by atoms with Gasteiger partial charge in [-0.15, -0.1) is 0 Å². The van der Waals surface area contributed by atoms with Crippen LogP contribution in [-0.2, 0) is 29.1 Å². The van der Waals surface area contributed by atoms with Crippen LogP contribution in [0, 0.1) is 23.7 Å². The number of hydrogen-bond donors (Lipinski definition) is 4. The Morgan fingerprint density at radius 3 is 1.78 bits per heavy atom. The summed E-state index contributed by atoms with van der Waals surface area (Å²) in [5, 5.41) is 22.8. The van der Waals surface area contributed by atoms with E-state index >= 15 is 0 Å². The summed E-state index contributed by atoms with van der Waals surface area (Å²) in [7, 11) is 12.3. The van der Waals surface area contributed by atoms with Crippen LogP contribution < -0.4 is 10.6 Å². The van der Waals surface area contributed by atoms with E-state index in [0.717, 1.165) is 123 Å². The van der Waals surface area contributed by atoms with Gasteiger partial charge in [0.2, 0.25) is 11.8 Å². The van der Waals surface area contributed by atoms with Crippen LogP contribution in [0.25, 0.3) is 0 Å². The molecule has 4 N–H and O–H groups in total. The van der Waals surface area contributed by atoms with Crippen LogP contribution >= 0.6 is 0 Å². The van der Waals surface area contributed by atoms with Crippen molar-refractivity contribution in [3.8, 4) is 0 Å². The molecule has 4 rings (SSSR count). The van der Waals surface area contributed by atoms with Gasteiger partial charge in [-0.1, -0.05) is 20.8 Å². The molecule has 0 spiro atoms. The summed E-state index contributed by atoms with van der Waals surface area (Å²) in [6.45, 7) is 14.0. The number of nitrogens with zero attached hydrogens (tertiary/aromatic N) is 6. The highest BCUT2D eigenvalue weighted by atomic mass is 16.2. The van der Waals surface area contributed by atoms with Crippen LogP contribution in [-0.4, -0.2) is 133 Å². The summed E-state index contributed by atoms with van der Waals surface area (Å²) < 4.78 is 0. The number of carbonyl (C=O) groups is 2. The van der Waals surface area contributed by atoms with Crippen molar-refractivity contribution in [2.24, 2.45) is 23.7 Å². The predicted molar refractivity (Wildman–Crippen MR) is 219 cm³/mol. The summed E-state index contributed by atoms with van der Waals surface area (Å²) in [5.74, 6) is 2.65. The number of amides is 2. The van der Waals surface area contributed by atoms with Crippen molar-refractivity contribution >= 4 is 11.8 Å². The molecule has 0 saturated heterocycles. The number of hydrogen-bond acceptors (Lipinski definition) is 8. The van der Waals surface area contributed by atoms with Gasteiger partial charge in [0.1, 0.15) is 0 Å². The van der Waals surface area contributed by atoms with E-state index in [4.69, 9.17) is 5.10 Å². The van der Waals surface area contributed by atoms with E-state index < -0.39 is 0 Å². The average Bonchev–Trinajstić information content (AvgIpc) is 3.80. The van der Waals surface area contributed by atoms with E-state index in [1.165, 1.54) is 28.2 Å². The number of aromatic nitrogens is 4. The van der Waals surface area contributed by atoms with Crippen LogP contribution in [0.3, 0.4) is 0 Å². The first kappa shape index (κ1) is 43.9. The first-order chi connectivity index (χ1) is 25.9. The lowest BCUT2D eigenvalue weighted by Gasteiger charge is -2.31. The minimum Gasteiger partial charge on any atom is -0.346 e. The molecule has 2 aliphatic rings. The Kier molecular flexibility index (Phi) is 18.0. The summed E-state index contributed by atoms with van der Waals surface area (Å²) >= 11 is 0. The second kappa shape index (κ2) is 22.1. The lowest BCUT2D eigenvalue weighted by atomic mass is 9.78. The van der Waals surface area contributed by atoms with E-state index in [-0.39, 0.29) is 11.8 Å². The van der Waals surface area contributed by atoms with Gasteiger partial charge in [0.05, 0.1) is 11.4 Å². The van der Waals surface area contributed by atoms with Crippen LogP contribution in [0.2, 0.25) is 0 Å². The lowest BCUT2D eigenvalue weighted by Crippen LogP contribution is -2.36. The van der Waals surface area contributed by atoms with Crippen molar-refractivity contribution in [3.63, 3.8) is 0 Å². The fourth-order valence-electron chi connectivity index (χ4n) is 8.62. The second-order valence-corrected chi connectivity index (χ2v) is 17.4. The quantitative estimate of drug-likeness (QED) is 0.129. The summed E-state index contributed by atoms with van der Waals surface area (Å²) in [6, 6.07) is 0. The van der Waals surface area contributed by atoms with Crippen molar-refractivity contribution in [2.45, 2.75) is 116 Å². The van der Waals surface area contributed by atoms with Crippen LogP contribution in [0.5, 0.6) is 0 Å². The summed E-state index contributed by atoms with van der Waals surface area (Å²) in [4.78, 5) is 35.5. The zero-order valence-corrected chi connectivity index (χ0v) is 35.5. The molecule has 2 aliphatic carbocycles. The number of likely N-dealkylation sites (N-methyl/N-ethyl adjacent to an activating group) is 4. The molecular formula is C42H76N10O2. The van der Waals surface area contributed by atoms with Gasteiger partial charge in [0.25, 0.3) is 0 Å². The SMILES string of the molecule is CNCCN(C)Cc1c[nH]nc1[C@H]1CC[C@@H](C(=O)N(C)CCC(C)Cc2[nH]nc([C@H]3CC[C@H](C(=O)N(C)CCC(C)C)CC3)c2CN(C)CCNC)CC1. The van der Waals surface area contributed by atoms with E-state index in [2.05, 4.69) is 76.8 Å². The highest BCUT2D eigenvalue weighted by Gasteiger charge is 2.33. The molecule has 2 saturated carbocycles. The highest BCUT2D eigenvalue weighted by Crippen LogP contribution is 2.39. The highest BCUT2D eigenvalue weighted by molar-refractivity contribution is 5.79. The third-order valence-corrected chi connectivity index (χ3v) is 12.3. The minimum atomic E-state index is 0.1000. The number of nitrogens with one attached hydrogen (secondary N) is 4. The number of aromatic amines is 2. The van der Waals surface area contributed by atoms with E-state index in [9.17, 15) is 9.59 Å². The van der Waals surface area contributed by atoms with Crippen LogP contribution in [0.4, 0.5) is 0 Å². The molecule has 0 radical (unpaired) electrons. The number of H-pyrrole nitrogens is 2. The van der Waals surface area contributed by atoms with Crippen LogP contribution in [0.1, 0.15) is 125 Å². The van der Waals surface area contributed by atoms with Crippen molar-refractivity contribution in [3.05, 3.63) is 34.4 Å². The van der Waals surface area contributed by atoms with Gasteiger partial charge in [-0.05, 0) is 111 Å². The van der Waals surface area contributed by atoms with Gasteiger partial charge < -0.3 is 30.2 Å². The van der Waals surface area contributed by atoms with Gasteiger partial charge in [-0.3, -0.25) is 19.8 Å². The van der Waals surface area contributed by atoms with Crippen molar-refractivity contribution in [2.75, 3.05) is 81.6 Å². The first-order valence-electron chi connectivity index (χ1n) is 21.2. The fourth-order valence-corrected chi connectivity index (χ4v) is 8.62. The molecular weight excluding hydrogens is 677 g/mol. The third kappa shape index (κ3) is 12.9. The lowest BCUT2D eigenvalue weighted by molar-refractivity contribution is -0.136. The summed E-state index contributed by atoms with van der Waals surface area (Å²) in [5.41, 5.74) is 6.26. The zero-order valence-electron chi connectivity index (χ0n) is 35.5. The summed E-state index contributed by atoms with van der Waals surface area (Å²) in [6.07, 6.45) is 12.7. The van der Waals surface area contributed by atoms with Gasteiger partial charge in [0, 0.05) is 113 Å². The van der Waals surface area contributed by atoms with Crippen LogP contribution in [0.15, 0.2) is 6.20 Å². The standard InChI is InChI=1S/C42H76N10O2/c1-30(2)18-22-51(8)41(53)35-16-12-33(13-17-35)40-37(29-50(7)25-21-44-5)38(46-48-40)26-31(3)19-23-52(9)42(54)34-14-10-32(11-15-34)39-36(27-45-47-39)28-49(6)24-20-43-4/h27,30-35,43-44H,10-26,28-29H2,1-9H3,(H,45,47)(H,46,48)/t31?,32-,33-,34+,35-. The molecule has 54 heavy (non-hydrogen) atoms. The monoisotopic (exact) mass is 753 g/mol. The Bertz CT molecular complexity index is 1390. The largest absolute Gasteiger partial charge is 0.346 e. The molecule has 0 aliphatic heterocycles. The molecule has 12 heteroatoms. The molecule has 2 heterocycles. The maximum absolute atomic E-state index is 13.6. The Morgan fingerprint density at radius 1 is 0.722 bits per heavy atom. The average molecular weight is 753 g/mol. The topological polar surface area (TPSA) is 129 Å². The molecule has 1 unspecified atom stereocenters. The maximum atomic E-state index is 13.6. The molecule has 0 bridgehead atoms. The third-order valence-electron chi connectivity index (χ3n) is 12.3. The zero-order chi connectivity index (χ0) is 39.2. The minimum absolute atomic E-state index is 0.1000. The molecule has 2 aromatic rings. The first-order valence-corrected chi connectivity index (χ1v) is 21.2. The second-order valence-electron chi connectivity index (χ2n) is 17.4. The van der Waals surface area contributed by atoms with Gasteiger partial charge in [0.15, 0.2) is 0 Å². The number of carbonyl (C=O) groups excluding carboxylic acids is 2. The number of rotatable bonds is 22. The Hall–Kier alpha value is -2.80. The molecule has 12 nitrogen and oxygen atoms in total. The predicted octanol–water partition coefficient (Wildman–Crippen LogP) is 5.21. The van der Waals surface area contributed by atoms with Crippen molar-refractivity contribution < 1.29 is 9.59 Å². The van der Waals surface area contributed by atoms with Gasteiger partial charge in [-0.2, -0.15) is 10.2 Å². The Morgan fingerprint density at radius 2 is 1.24 bits per heavy atom. The fraction of sp³-hybridized carbons (Fsp3) is 0.810. The Labute approximate surface area is 327 Å². The van der Waals surface area contributed by atoms with E-state index in [0.29, 0.717) is 35.5 Å². The van der Waals surface area contributed by atoms with E-state index in [1.54, 1.807) is 0 Å². The van der Waals surface area contributed by atoms with Crippen molar-refractivity contribution in [1.29, 1.82) is 0 Å². The smallest absolute Gasteiger partial charge is 0.225 e. The Balaban J connectivity index is 1.29. The molecule has 2 amide bonds. The van der Waals surface area contributed by atoms with Gasteiger partial charge in [-0.25, -0.2) is 0 Å². The van der Waals surface area contributed by atoms with E-state index in [1.807, 2.05) is 38.0 Å². The maximum Gasteiger partial charge on any atom is 0.225 e. The van der Waals surface area contributed by atoms with Crippen molar-refractivity contribution in [1.82, 2.24) is 50.6 Å².